The molecule has 21 heavy (non-hydrogen) atoms. The average Bonchev–Trinajstić information content (AvgIpc) is 2.89. The molecule has 0 aliphatic carbocycles. The smallest absolute Gasteiger partial charge is 0.0475 e. The number of nitrogens with zero attached hydrogens (tertiary/aromatic N) is 1. The Kier molecular flexibility index (Phi) is 6.25. The third kappa shape index (κ3) is 3.87. The molecule has 1 aromatic carbocycles. The van der Waals surface area contributed by atoms with E-state index in [1.54, 1.807) is 0 Å². The van der Waals surface area contributed by atoms with Gasteiger partial charge in [-0.25, -0.2) is 0 Å². The van der Waals surface area contributed by atoms with Crippen molar-refractivity contribution < 1.29 is 0 Å². The molecule has 2 heteroatoms. The van der Waals surface area contributed by atoms with Gasteiger partial charge in [-0.15, -0.1) is 0 Å². The molecule has 1 saturated heterocycles. The van der Waals surface area contributed by atoms with Gasteiger partial charge in [0.15, 0.2) is 0 Å². The van der Waals surface area contributed by atoms with Gasteiger partial charge < -0.3 is 5.32 Å². The minimum Gasteiger partial charge on any atom is -0.309 e. The second kappa shape index (κ2) is 7.95. The van der Waals surface area contributed by atoms with Crippen molar-refractivity contribution in [2.45, 2.75) is 77.5 Å². The van der Waals surface area contributed by atoms with Crippen molar-refractivity contribution in [1.29, 1.82) is 0 Å². The van der Waals surface area contributed by atoms with E-state index in [9.17, 15) is 0 Å². The van der Waals surface area contributed by atoms with Crippen LogP contribution >= 0.6 is 0 Å². The molecule has 0 saturated carbocycles. The molecule has 0 aromatic heterocycles. The molecule has 0 spiro atoms. The molecular weight excluding hydrogens is 256 g/mol. The predicted molar refractivity (Wildman–Crippen MR) is 91.6 cm³/mol. The molecule has 2 rings (SSSR count). The summed E-state index contributed by atoms with van der Waals surface area (Å²) >= 11 is 0. The first kappa shape index (κ1) is 16.5. The van der Waals surface area contributed by atoms with E-state index >= 15 is 0 Å². The van der Waals surface area contributed by atoms with Gasteiger partial charge in [-0.2, -0.15) is 0 Å². The fourth-order valence-corrected chi connectivity index (χ4v) is 3.94. The normalized spacial score (nSPS) is 25.9. The molecule has 0 radical (unpaired) electrons. The van der Waals surface area contributed by atoms with E-state index in [4.69, 9.17) is 0 Å². The largest absolute Gasteiger partial charge is 0.309 e. The molecule has 1 aliphatic heterocycles. The molecule has 4 unspecified atom stereocenters. The lowest BCUT2D eigenvalue weighted by Gasteiger charge is -2.39. The van der Waals surface area contributed by atoms with Gasteiger partial charge >= 0.3 is 0 Å². The Bertz CT molecular complexity index is 403. The van der Waals surface area contributed by atoms with E-state index in [1.165, 1.54) is 31.2 Å². The SMILES string of the molecule is CCCNC(c1ccccc1)C(C)N1C(C)CCC1CC. The summed E-state index contributed by atoms with van der Waals surface area (Å²) in [6, 6.07) is 13.4. The molecular formula is C19H32N2. The molecule has 1 fully saturated rings. The van der Waals surface area contributed by atoms with E-state index in [2.05, 4.69) is 68.2 Å². The van der Waals surface area contributed by atoms with Crippen molar-refractivity contribution >= 4 is 0 Å². The van der Waals surface area contributed by atoms with Gasteiger partial charge in [0.1, 0.15) is 0 Å². The van der Waals surface area contributed by atoms with Crippen LogP contribution in [-0.4, -0.2) is 29.6 Å². The van der Waals surface area contributed by atoms with Gasteiger partial charge in [-0.1, -0.05) is 44.2 Å². The van der Waals surface area contributed by atoms with Gasteiger partial charge in [0, 0.05) is 24.2 Å². The minimum absolute atomic E-state index is 0.431. The Hall–Kier alpha value is -0.860. The summed E-state index contributed by atoms with van der Waals surface area (Å²) in [5.41, 5.74) is 1.42. The highest BCUT2D eigenvalue weighted by Gasteiger charge is 2.36. The maximum absolute atomic E-state index is 3.79. The summed E-state index contributed by atoms with van der Waals surface area (Å²) < 4.78 is 0. The van der Waals surface area contributed by atoms with Crippen molar-refractivity contribution in [2.75, 3.05) is 6.54 Å². The van der Waals surface area contributed by atoms with Crippen LogP contribution in [0.5, 0.6) is 0 Å². The molecule has 2 nitrogen and oxygen atoms in total. The third-order valence-electron chi connectivity index (χ3n) is 5.05. The zero-order valence-electron chi connectivity index (χ0n) is 14.2. The second-order valence-corrected chi connectivity index (χ2v) is 6.52. The fourth-order valence-electron chi connectivity index (χ4n) is 3.94. The molecule has 4 atom stereocenters. The molecule has 0 bridgehead atoms. The van der Waals surface area contributed by atoms with Crippen molar-refractivity contribution in [3.8, 4) is 0 Å². The highest BCUT2D eigenvalue weighted by Crippen LogP contribution is 2.33. The molecule has 118 valence electrons. The maximum atomic E-state index is 3.79. The van der Waals surface area contributed by atoms with Gasteiger partial charge in [0.2, 0.25) is 0 Å². The van der Waals surface area contributed by atoms with E-state index < -0.39 is 0 Å². The second-order valence-electron chi connectivity index (χ2n) is 6.52. The van der Waals surface area contributed by atoms with Crippen molar-refractivity contribution in [1.82, 2.24) is 10.2 Å². The van der Waals surface area contributed by atoms with E-state index in [0.717, 1.165) is 12.6 Å². The Morgan fingerprint density at radius 1 is 1.19 bits per heavy atom. The van der Waals surface area contributed by atoms with E-state index in [1.807, 2.05) is 0 Å². The topological polar surface area (TPSA) is 15.3 Å². The first-order valence-electron chi connectivity index (χ1n) is 8.74. The van der Waals surface area contributed by atoms with Crippen LogP contribution in [0, 0.1) is 0 Å². The summed E-state index contributed by atoms with van der Waals surface area (Å²) in [7, 11) is 0. The van der Waals surface area contributed by atoms with Crippen molar-refractivity contribution in [3.05, 3.63) is 35.9 Å². The summed E-state index contributed by atoms with van der Waals surface area (Å²) in [6.07, 6.45) is 5.15. The summed E-state index contributed by atoms with van der Waals surface area (Å²) in [6.45, 7) is 10.5. The van der Waals surface area contributed by atoms with Crippen LogP contribution in [0.3, 0.4) is 0 Å². The van der Waals surface area contributed by atoms with Crippen LogP contribution < -0.4 is 5.32 Å². The highest BCUT2D eigenvalue weighted by molar-refractivity contribution is 5.21. The Morgan fingerprint density at radius 2 is 1.90 bits per heavy atom. The molecule has 1 aromatic rings. The van der Waals surface area contributed by atoms with Crippen LogP contribution in [0.2, 0.25) is 0 Å². The predicted octanol–water partition coefficient (Wildman–Crippen LogP) is 4.38. The lowest BCUT2D eigenvalue weighted by molar-refractivity contribution is 0.114. The van der Waals surface area contributed by atoms with E-state index in [0.29, 0.717) is 18.1 Å². The molecule has 1 N–H and O–H groups in total. The lowest BCUT2D eigenvalue weighted by atomic mass is 9.97. The lowest BCUT2D eigenvalue weighted by Crippen LogP contribution is -2.48. The van der Waals surface area contributed by atoms with Gasteiger partial charge in [-0.3, -0.25) is 4.90 Å². The number of benzene rings is 1. The van der Waals surface area contributed by atoms with Crippen molar-refractivity contribution in [3.63, 3.8) is 0 Å². The van der Waals surface area contributed by atoms with Gasteiger partial charge in [-0.05, 0) is 51.6 Å². The van der Waals surface area contributed by atoms with Gasteiger partial charge in [0.05, 0.1) is 0 Å². The third-order valence-corrected chi connectivity index (χ3v) is 5.05. The van der Waals surface area contributed by atoms with Crippen molar-refractivity contribution in [2.24, 2.45) is 0 Å². The van der Waals surface area contributed by atoms with Gasteiger partial charge in [0.25, 0.3) is 0 Å². The zero-order valence-corrected chi connectivity index (χ0v) is 14.2. The quantitative estimate of drug-likeness (QED) is 0.801. The average molecular weight is 288 g/mol. The van der Waals surface area contributed by atoms with Crippen LogP contribution in [-0.2, 0) is 0 Å². The standard InChI is InChI=1S/C19H32N2/c1-5-14-20-19(17-10-8-7-9-11-17)16(4)21-15(3)12-13-18(21)6-2/h7-11,15-16,18-20H,5-6,12-14H2,1-4H3. The monoisotopic (exact) mass is 288 g/mol. The fraction of sp³-hybridized carbons (Fsp3) is 0.684. The first-order valence-corrected chi connectivity index (χ1v) is 8.74. The first-order chi connectivity index (χ1) is 10.2. The zero-order chi connectivity index (χ0) is 15.2. The number of rotatable bonds is 7. The molecule has 1 aliphatic rings. The Balaban J connectivity index is 2.19. The highest BCUT2D eigenvalue weighted by atomic mass is 15.3. The van der Waals surface area contributed by atoms with Crippen LogP contribution in [0.4, 0.5) is 0 Å². The summed E-state index contributed by atoms with van der Waals surface area (Å²) in [5.74, 6) is 0. The van der Waals surface area contributed by atoms with Crippen LogP contribution in [0.15, 0.2) is 30.3 Å². The molecule has 1 heterocycles. The Labute approximate surface area is 130 Å². The van der Waals surface area contributed by atoms with Crippen LogP contribution in [0.1, 0.15) is 65.0 Å². The van der Waals surface area contributed by atoms with E-state index in [-0.39, 0.29) is 0 Å². The molecule has 0 amide bonds. The minimum atomic E-state index is 0.431. The summed E-state index contributed by atoms with van der Waals surface area (Å²) in [4.78, 5) is 2.76. The number of nitrogens with one attached hydrogen (secondary N) is 1. The Morgan fingerprint density at radius 3 is 2.52 bits per heavy atom. The number of likely N-dealkylation sites (tertiary alicyclic amines) is 1. The van der Waals surface area contributed by atoms with Crippen LogP contribution in [0.25, 0.3) is 0 Å². The number of hydrogen-bond donors (Lipinski definition) is 1. The summed E-state index contributed by atoms with van der Waals surface area (Å²) in [5, 5.41) is 3.79. The number of hydrogen-bond acceptors (Lipinski definition) is 2. The maximum Gasteiger partial charge on any atom is 0.0475 e.